The van der Waals surface area contributed by atoms with E-state index in [0.29, 0.717) is 5.69 Å². The molecule has 138 valence electrons. The van der Waals surface area contributed by atoms with Crippen LogP contribution in [0.5, 0.6) is 0 Å². The van der Waals surface area contributed by atoms with E-state index in [-0.39, 0.29) is 11.1 Å². The second kappa shape index (κ2) is 6.64. The summed E-state index contributed by atoms with van der Waals surface area (Å²) >= 11 is 0. The highest BCUT2D eigenvalue weighted by Gasteiger charge is 2.45. The summed E-state index contributed by atoms with van der Waals surface area (Å²) in [7, 11) is 1.55. The van der Waals surface area contributed by atoms with Crippen molar-refractivity contribution in [2.75, 3.05) is 11.9 Å². The number of anilines is 1. The second-order valence-electron chi connectivity index (χ2n) is 6.35. The molecule has 27 heavy (non-hydrogen) atoms. The molecule has 1 aliphatic rings. The van der Waals surface area contributed by atoms with E-state index in [0.717, 1.165) is 10.5 Å². The lowest BCUT2D eigenvalue weighted by molar-refractivity contribution is -0.385. The van der Waals surface area contributed by atoms with Crippen molar-refractivity contribution in [3.8, 4) is 0 Å². The molecule has 2 aromatic carbocycles. The molecule has 0 aromatic heterocycles. The van der Waals surface area contributed by atoms with Gasteiger partial charge in [0.1, 0.15) is 11.6 Å². The van der Waals surface area contributed by atoms with Gasteiger partial charge < -0.3 is 4.90 Å². The lowest BCUT2D eigenvalue weighted by atomic mass is 10.1. The summed E-state index contributed by atoms with van der Waals surface area (Å²) in [6.07, 6.45) is 0. The number of hydrogen-bond acceptors (Lipinski definition) is 5. The highest BCUT2D eigenvalue weighted by atomic mass is 16.6. The summed E-state index contributed by atoms with van der Waals surface area (Å²) in [5.41, 5.74) is 0.859. The van der Waals surface area contributed by atoms with Crippen molar-refractivity contribution in [1.29, 1.82) is 0 Å². The molecule has 0 fully saturated rings. The largest absolute Gasteiger partial charge is 0.314 e. The van der Waals surface area contributed by atoms with Gasteiger partial charge in [0.2, 0.25) is 5.91 Å². The van der Waals surface area contributed by atoms with Crippen LogP contribution in [0, 0.1) is 17.0 Å². The molecule has 8 heteroatoms. The summed E-state index contributed by atoms with van der Waals surface area (Å²) in [5.74, 6) is -2.02. The van der Waals surface area contributed by atoms with Gasteiger partial charge in [-0.2, -0.15) is 0 Å². The maximum atomic E-state index is 12.8. The number of nitrogens with zero attached hydrogens (tertiary/aromatic N) is 3. The van der Waals surface area contributed by atoms with Crippen LogP contribution in [0.1, 0.15) is 33.2 Å². The lowest BCUT2D eigenvalue weighted by Crippen LogP contribution is -2.48. The van der Waals surface area contributed by atoms with E-state index in [1.165, 1.54) is 30.0 Å². The first kappa shape index (κ1) is 18.2. The van der Waals surface area contributed by atoms with E-state index in [9.17, 15) is 24.5 Å². The Balaban J connectivity index is 1.92. The van der Waals surface area contributed by atoms with Gasteiger partial charge >= 0.3 is 0 Å². The summed E-state index contributed by atoms with van der Waals surface area (Å²) in [6, 6.07) is 9.95. The van der Waals surface area contributed by atoms with E-state index in [1.54, 1.807) is 19.2 Å². The monoisotopic (exact) mass is 367 g/mol. The third-order valence-corrected chi connectivity index (χ3v) is 4.62. The molecule has 0 radical (unpaired) electrons. The Morgan fingerprint density at radius 2 is 1.74 bits per heavy atom. The molecule has 0 saturated carbocycles. The van der Waals surface area contributed by atoms with Crippen LogP contribution in [0.3, 0.4) is 0 Å². The smallest absolute Gasteiger partial charge is 0.282 e. The van der Waals surface area contributed by atoms with Crippen molar-refractivity contribution in [1.82, 2.24) is 4.90 Å². The molecule has 0 aliphatic carbocycles. The molecular formula is C19H17N3O5. The third kappa shape index (κ3) is 2.95. The highest BCUT2D eigenvalue weighted by molar-refractivity contribution is 6.25. The Labute approximate surface area is 155 Å². The molecule has 3 rings (SSSR count). The number of fused-ring (bicyclic) bond motifs is 1. The number of rotatable bonds is 4. The predicted molar refractivity (Wildman–Crippen MR) is 97.6 cm³/mol. The zero-order valence-electron chi connectivity index (χ0n) is 15.0. The fourth-order valence-corrected chi connectivity index (χ4v) is 3.08. The average Bonchev–Trinajstić information content (AvgIpc) is 2.91. The number of likely N-dealkylation sites (N-methyl/N-ethyl adjacent to an activating group) is 1. The molecule has 0 saturated heterocycles. The summed E-state index contributed by atoms with van der Waals surface area (Å²) < 4.78 is 0. The number of benzene rings is 2. The number of carbonyl (C=O) groups is 3. The van der Waals surface area contributed by atoms with Gasteiger partial charge in [-0.25, -0.2) is 0 Å². The van der Waals surface area contributed by atoms with E-state index in [1.807, 2.05) is 19.1 Å². The van der Waals surface area contributed by atoms with Crippen molar-refractivity contribution >= 4 is 29.1 Å². The molecule has 8 nitrogen and oxygen atoms in total. The van der Waals surface area contributed by atoms with Crippen LogP contribution in [0.2, 0.25) is 0 Å². The topological polar surface area (TPSA) is 101 Å². The van der Waals surface area contributed by atoms with E-state index < -0.39 is 34.4 Å². The number of nitro groups is 1. The first-order valence-electron chi connectivity index (χ1n) is 8.23. The van der Waals surface area contributed by atoms with Gasteiger partial charge in [0.25, 0.3) is 17.5 Å². The summed E-state index contributed by atoms with van der Waals surface area (Å²) in [5, 5.41) is 11.2. The standard InChI is InChI=1S/C19H17N3O5/c1-11-7-9-13(10-8-11)20(3)17(23)12(2)21-18(24)14-5-4-6-15(22(26)27)16(14)19(21)25/h4-10,12H,1-3H3. The molecule has 0 bridgehead atoms. The molecule has 0 spiro atoms. The molecule has 0 N–H and O–H groups in total. The van der Waals surface area contributed by atoms with Crippen molar-refractivity contribution in [2.45, 2.75) is 19.9 Å². The number of amides is 3. The minimum Gasteiger partial charge on any atom is -0.314 e. The number of hydrogen-bond donors (Lipinski definition) is 0. The van der Waals surface area contributed by atoms with Gasteiger partial charge in [-0.15, -0.1) is 0 Å². The Bertz CT molecular complexity index is 968. The van der Waals surface area contributed by atoms with Crippen LogP contribution in [0.4, 0.5) is 11.4 Å². The number of aryl methyl sites for hydroxylation is 1. The maximum absolute atomic E-state index is 12.8. The zero-order chi connectivity index (χ0) is 19.9. The Morgan fingerprint density at radius 1 is 1.11 bits per heavy atom. The van der Waals surface area contributed by atoms with E-state index >= 15 is 0 Å². The van der Waals surface area contributed by atoms with Gasteiger partial charge in [-0.05, 0) is 32.0 Å². The van der Waals surface area contributed by atoms with Crippen molar-refractivity contribution < 1.29 is 19.3 Å². The molecule has 3 amide bonds. The lowest BCUT2D eigenvalue weighted by Gasteiger charge is -2.26. The average molecular weight is 367 g/mol. The number of nitro benzene ring substituents is 1. The highest BCUT2D eigenvalue weighted by Crippen LogP contribution is 2.32. The Kier molecular flexibility index (Phi) is 4.49. The third-order valence-electron chi connectivity index (χ3n) is 4.62. The van der Waals surface area contributed by atoms with Crippen LogP contribution in [-0.2, 0) is 4.79 Å². The first-order valence-corrected chi connectivity index (χ1v) is 8.23. The number of carbonyl (C=O) groups excluding carboxylic acids is 3. The quantitative estimate of drug-likeness (QED) is 0.470. The Hall–Kier alpha value is -3.55. The minimum atomic E-state index is -1.11. The normalized spacial score (nSPS) is 14.1. The summed E-state index contributed by atoms with van der Waals surface area (Å²) in [4.78, 5) is 50.8. The van der Waals surface area contributed by atoms with Crippen molar-refractivity contribution in [2.24, 2.45) is 0 Å². The van der Waals surface area contributed by atoms with Crippen LogP contribution in [0.15, 0.2) is 42.5 Å². The minimum absolute atomic E-state index is 0.0631. The molecule has 2 aromatic rings. The molecule has 1 atom stereocenters. The fourth-order valence-electron chi connectivity index (χ4n) is 3.08. The molecule has 1 aliphatic heterocycles. The van der Waals surface area contributed by atoms with Crippen LogP contribution in [0.25, 0.3) is 0 Å². The van der Waals surface area contributed by atoms with Gasteiger partial charge in [-0.3, -0.25) is 29.4 Å². The van der Waals surface area contributed by atoms with Gasteiger partial charge in [-0.1, -0.05) is 23.8 Å². The maximum Gasteiger partial charge on any atom is 0.282 e. The molecule has 1 heterocycles. The SMILES string of the molecule is Cc1ccc(N(C)C(=O)C(C)N2C(=O)c3cccc([N+](=O)[O-])c3C2=O)cc1. The van der Waals surface area contributed by atoms with Gasteiger partial charge in [0, 0.05) is 18.8 Å². The van der Waals surface area contributed by atoms with Crippen LogP contribution >= 0.6 is 0 Å². The van der Waals surface area contributed by atoms with Crippen LogP contribution < -0.4 is 4.90 Å². The first-order chi connectivity index (χ1) is 12.7. The summed E-state index contributed by atoms with van der Waals surface area (Å²) in [6.45, 7) is 3.35. The van der Waals surface area contributed by atoms with Crippen LogP contribution in [-0.4, -0.2) is 40.6 Å². The fraction of sp³-hybridized carbons (Fsp3) is 0.211. The van der Waals surface area contributed by atoms with Gasteiger partial charge in [0.15, 0.2) is 0 Å². The van der Waals surface area contributed by atoms with Crippen molar-refractivity contribution in [3.63, 3.8) is 0 Å². The molecule has 1 unspecified atom stereocenters. The second-order valence-corrected chi connectivity index (χ2v) is 6.35. The van der Waals surface area contributed by atoms with E-state index in [2.05, 4.69) is 0 Å². The van der Waals surface area contributed by atoms with E-state index in [4.69, 9.17) is 0 Å². The number of imide groups is 1. The molecular weight excluding hydrogens is 350 g/mol. The zero-order valence-corrected chi connectivity index (χ0v) is 15.0. The Morgan fingerprint density at radius 3 is 2.33 bits per heavy atom. The van der Waals surface area contributed by atoms with Gasteiger partial charge in [0.05, 0.1) is 10.5 Å². The van der Waals surface area contributed by atoms with Crippen molar-refractivity contribution in [3.05, 3.63) is 69.3 Å². The predicted octanol–water partition coefficient (Wildman–Crippen LogP) is 2.55.